The molecule has 0 unspecified atom stereocenters. The quantitative estimate of drug-likeness (QED) is 0.905. The Kier molecular flexibility index (Phi) is 5.48. The van der Waals surface area contributed by atoms with E-state index in [1.165, 1.54) is 11.5 Å². The Hall–Kier alpha value is -1.01. The van der Waals surface area contributed by atoms with E-state index in [0.29, 0.717) is 6.04 Å². The molecular formula is C14H24N4OS. The highest BCUT2D eigenvalue weighted by atomic mass is 32.1. The van der Waals surface area contributed by atoms with Gasteiger partial charge < -0.3 is 10.2 Å². The SMILES string of the molecule is CCCN(C(=O)c1snnc1C(C)C)C1CCNCC1. The molecule has 0 saturated carbocycles. The first-order valence-electron chi connectivity index (χ1n) is 7.49. The summed E-state index contributed by atoms with van der Waals surface area (Å²) < 4.78 is 3.98. The third-order valence-electron chi connectivity index (χ3n) is 3.73. The zero-order valence-corrected chi connectivity index (χ0v) is 13.4. The van der Waals surface area contributed by atoms with Crippen LogP contribution in [0.2, 0.25) is 0 Å². The van der Waals surface area contributed by atoms with Gasteiger partial charge in [-0.2, -0.15) is 0 Å². The molecule has 0 aliphatic carbocycles. The van der Waals surface area contributed by atoms with Crippen molar-refractivity contribution in [3.63, 3.8) is 0 Å². The van der Waals surface area contributed by atoms with Crippen molar-refractivity contribution in [2.24, 2.45) is 0 Å². The van der Waals surface area contributed by atoms with E-state index in [0.717, 1.165) is 49.5 Å². The molecule has 1 saturated heterocycles. The van der Waals surface area contributed by atoms with Gasteiger partial charge in [-0.05, 0) is 49.8 Å². The number of piperidine rings is 1. The molecular weight excluding hydrogens is 272 g/mol. The topological polar surface area (TPSA) is 58.1 Å². The summed E-state index contributed by atoms with van der Waals surface area (Å²) in [6.07, 6.45) is 3.06. The highest BCUT2D eigenvalue weighted by molar-refractivity contribution is 7.08. The molecule has 1 amide bonds. The third-order valence-corrected chi connectivity index (χ3v) is 4.46. The number of carbonyl (C=O) groups is 1. The molecule has 1 aliphatic rings. The number of hydrogen-bond acceptors (Lipinski definition) is 5. The lowest BCUT2D eigenvalue weighted by molar-refractivity contribution is 0.0646. The second-order valence-electron chi connectivity index (χ2n) is 5.62. The van der Waals surface area contributed by atoms with Crippen LogP contribution in [0.15, 0.2) is 0 Å². The Bertz CT molecular complexity index is 440. The van der Waals surface area contributed by atoms with Crippen molar-refractivity contribution < 1.29 is 4.79 Å². The smallest absolute Gasteiger partial charge is 0.267 e. The summed E-state index contributed by atoms with van der Waals surface area (Å²) >= 11 is 1.24. The molecule has 1 N–H and O–H groups in total. The van der Waals surface area contributed by atoms with Crippen molar-refractivity contribution in [3.8, 4) is 0 Å². The molecule has 6 heteroatoms. The summed E-state index contributed by atoms with van der Waals surface area (Å²) in [6, 6.07) is 0.353. The van der Waals surface area contributed by atoms with Crippen molar-refractivity contribution >= 4 is 17.4 Å². The lowest BCUT2D eigenvalue weighted by atomic mass is 10.0. The zero-order valence-electron chi connectivity index (χ0n) is 12.6. The van der Waals surface area contributed by atoms with Gasteiger partial charge in [0.2, 0.25) is 0 Å². The predicted octanol–water partition coefficient (Wildman–Crippen LogP) is 2.27. The molecule has 2 rings (SSSR count). The Morgan fingerprint density at radius 1 is 1.45 bits per heavy atom. The number of amides is 1. The first-order chi connectivity index (χ1) is 9.65. The maximum absolute atomic E-state index is 12.9. The number of rotatable bonds is 5. The molecule has 112 valence electrons. The Balaban J connectivity index is 2.19. The summed E-state index contributed by atoms with van der Waals surface area (Å²) in [6.45, 7) is 9.05. The van der Waals surface area contributed by atoms with E-state index in [1.54, 1.807) is 0 Å². The lowest BCUT2D eigenvalue weighted by Crippen LogP contribution is -2.46. The van der Waals surface area contributed by atoms with E-state index in [9.17, 15) is 4.79 Å². The summed E-state index contributed by atoms with van der Waals surface area (Å²) in [5.74, 6) is 0.363. The Morgan fingerprint density at radius 3 is 2.75 bits per heavy atom. The molecule has 1 aromatic rings. The molecule has 20 heavy (non-hydrogen) atoms. The molecule has 2 heterocycles. The molecule has 0 aromatic carbocycles. The van der Waals surface area contributed by atoms with Crippen LogP contribution in [0.4, 0.5) is 0 Å². The van der Waals surface area contributed by atoms with Crippen molar-refractivity contribution in [1.29, 1.82) is 0 Å². The number of aromatic nitrogens is 2. The first-order valence-corrected chi connectivity index (χ1v) is 8.26. The largest absolute Gasteiger partial charge is 0.335 e. The van der Waals surface area contributed by atoms with Crippen LogP contribution < -0.4 is 5.32 Å². The van der Waals surface area contributed by atoms with Gasteiger partial charge >= 0.3 is 0 Å². The number of nitrogens with zero attached hydrogens (tertiary/aromatic N) is 3. The molecule has 0 bridgehead atoms. The normalized spacial score (nSPS) is 16.6. The van der Waals surface area contributed by atoms with Crippen LogP contribution in [0.1, 0.15) is 61.3 Å². The molecule has 1 aromatic heterocycles. The van der Waals surface area contributed by atoms with Crippen LogP contribution in [0, 0.1) is 0 Å². The average molecular weight is 296 g/mol. The van der Waals surface area contributed by atoms with E-state index in [2.05, 4.69) is 35.7 Å². The van der Waals surface area contributed by atoms with Crippen LogP contribution in [0.3, 0.4) is 0 Å². The molecule has 1 fully saturated rings. The zero-order chi connectivity index (χ0) is 14.5. The van der Waals surface area contributed by atoms with Crippen molar-refractivity contribution in [1.82, 2.24) is 19.8 Å². The second-order valence-corrected chi connectivity index (χ2v) is 6.38. The van der Waals surface area contributed by atoms with Gasteiger partial charge in [-0.15, -0.1) is 5.10 Å². The summed E-state index contributed by atoms with van der Waals surface area (Å²) in [5, 5.41) is 7.49. The van der Waals surface area contributed by atoms with Gasteiger partial charge in [0.15, 0.2) is 0 Å². The van der Waals surface area contributed by atoms with Crippen LogP contribution >= 0.6 is 11.5 Å². The number of hydrogen-bond donors (Lipinski definition) is 1. The second kappa shape index (κ2) is 7.13. The van der Waals surface area contributed by atoms with Crippen LogP contribution in [-0.2, 0) is 0 Å². The molecule has 0 radical (unpaired) electrons. The van der Waals surface area contributed by atoms with Gasteiger partial charge in [-0.1, -0.05) is 25.3 Å². The van der Waals surface area contributed by atoms with Gasteiger partial charge in [-0.3, -0.25) is 4.79 Å². The van der Waals surface area contributed by atoms with E-state index in [1.807, 2.05) is 4.90 Å². The van der Waals surface area contributed by atoms with E-state index in [-0.39, 0.29) is 11.8 Å². The van der Waals surface area contributed by atoms with E-state index >= 15 is 0 Å². The van der Waals surface area contributed by atoms with Crippen molar-refractivity contribution in [2.45, 2.75) is 52.0 Å². The fraction of sp³-hybridized carbons (Fsp3) is 0.786. The summed E-state index contributed by atoms with van der Waals surface area (Å²) in [5.41, 5.74) is 0.843. The fourth-order valence-electron chi connectivity index (χ4n) is 2.66. The number of nitrogens with one attached hydrogen (secondary N) is 1. The molecule has 0 atom stereocenters. The third kappa shape index (κ3) is 3.35. The number of carbonyl (C=O) groups excluding carboxylic acids is 1. The Morgan fingerprint density at radius 2 is 2.15 bits per heavy atom. The minimum Gasteiger partial charge on any atom is -0.335 e. The maximum Gasteiger partial charge on any atom is 0.267 e. The van der Waals surface area contributed by atoms with Gasteiger partial charge in [0.05, 0.1) is 5.69 Å². The van der Waals surface area contributed by atoms with Crippen molar-refractivity contribution in [3.05, 3.63) is 10.6 Å². The first kappa shape index (κ1) is 15.4. The molecule has 1 aliphatic heterocycles. The standard InChI is InChI=1S/C14H24N4OS/c1-4-9-18(11-5-7-15-8-6-11)14(19)13-12(10(2)3)16-17-20-13/h10-11,15H,4-9H2,1-3H3. The minimum atomic E-state index is 0.123. The lowest BCUT2D eigenvalue weighted by Gasteiger charge is -2.34. The minimum absolute atomic E-state index is 0.123. The van der Waals surface area contributed by atoms with Crippen LogP contribution in [-0.4, -0.2) is 46.1 Å². The van der Waals surface area contributed by atoms with Gasteiger partial charge in [0, 0.05) is 12.6 Å². The van der Waals surface area contributed by atoms with E-state index in [4.69, 9.17) is 0 Å². The van der Waals surface area contributed by atoms with Gasteiger partial charge in [-0.25, -0.2) is 0 Å². The van der Waals surface area contributed by atoms with Crippen molar-refractivity contribution in [2.75, 3.05) is 19.6 Å². The maximum atomic E-state index is 12.9. The predicted molar refractivity (Wildman–Crippen MR) is 81.2 cm³/mol. The van der Waals surface area contributed by atoms with Gasteiger partial charge in [0.1, 0.15) is 4.88 Å². The highest BCUT2D eigenvalue weighted by Crippen LogP contribution is 2.24. The van der Waals surface area contributed by atoms with Gasteiger partial charge in [0.25, 0.3) is 5.91 Å². The average Bonchev–Trinajstić information content (AvgIpc) is 2.94. The summed E-state index contributed by atoms with van der Waals surface area (Å²) in [7, 11) is 0. The Labute approximate surface area is 124 Å². The highest BCUT2D eigenvalue weighted by Gasteiger charge is 2.29. The van der Waals surface area contributed by atoms with E-state index < -0.39 is 0 Å². The monoisotopic (exact) mass is 296 g/mol. The van der Waals surface area contributed by atoms with Crippen LogP contribution in [0.25, 0.3) is 0 Å². The fourth-order valence-corrected chi connectivity index (χ4v) is 3.44. The molecule has 0 spiro atoms. The summed E-state index contributed by atoms with van der Waals surface area (Å²) in [4.78, 5) is 15.6. The molecule has 5 nitrogen and oxygen atoms in total. The van der Waals surface area contributed by atoms with Crippen LogP contribution in [0.5, 0.6) is 0 Å².